The molecule has 1 atom stereocenters. The summed E-state index contributed by atoms with van der Waals surface area (Å²) in [4.78, 5) is 14.4. The van der Waals surface area contributed by atoms with E-state index in [1.807, 2.05) is 20.9 Å². The van der Waals surface area contributed by atoms with Crippen molar-refractivity contribution in [2.75, 3.05) is 26.8 Å². The molecule has 1 saturated heterocycles. The number of methoxy groups -OCH3 is 1. The summed E-state index contributed by atoms with van der Waals surface area (Å²) in [6.07, 6.45) is 1.62. The average molecular weight is 301 g/mol. The summed E-state index contributed by atoms with van der Waals surface area (Å²) in [7, 11) is 3.45. The van der Waals surface area contributed by atoms with E-state index in [1.54, 1.807) is 28.8 Å². The van der Waals surface area contributed by atoms with Gasteiger partial charge in [-0.3, -0.25) is 4.79 Å². The minimum absolute atomic E-state index is 0.0307. The Morgan fingerprint density at radius 2 is 2.30 bits per heavy atom. The average Bonchev–Trinajstić information content (AvgIpc) is 2.66. The molecular weight excluding hydrogens is 280 g/mol. The van der Waals surface area contributed by atoms with E-state index in [-0.39, 0.29) is 17.6 Å². The normalized spacial score (nSPS) is 22.1. The third kappa shape index (κ3) is 3.34. The first kappa shape index (κ1) is 15.4. The molecule has 1 unspecified atom stereocenters. The molecule has 0 spiro atoms. The van der Waals surface area contributed by atoms with E-state index in [0.29, 0.717) is 30.4 Å². The Bertz CT molecular complexity index is 499. The van der Waals surface area contributed by atoms with Crippen LogP contribution in [0.25, 0.3) is 0 Å². The Morgan fingerprint density at radius 3 is 2.85 bits per heavy atom. The zero-order valence-electron chi connectivity index (χ0n) is 12.4. The molecule has 0 bridgehead atoms. The molecule has 1 amide bonds. The first-order chi connectivity index (χ1) is 9.32. The molecule has 0 aliphatic carbocycles. The number of hydrogen-bond donors (Lipinski definition) is 0. The SMILES string of the molecule is COCC1CN(C(=O)c2cc(Cl)cn2C)CC(C)(C)O1. The first-order valence-electron chi connectivity index (χ1n) is 6.60. The number of halogens is 1. The molecule has 0 saturated carbocycles. The molecule has 2 heterocycles. The van der Waals surface area contributed by atoms with E-state index < -0.39 is 0 Å². The molecule has 1 aliphatic rings. The van der Waals surface area contributed by atoms with Crippen molar-refractivity contribution in [3.63, 3.8) is 0 Å². The predicted molar refractivity (Wildman–Crippen MR) is 77.2 cm³/mol. The molecule has 5 nitrogen and oxygen atoms in total. The van der Waals surface area contributed by atoms with Crippen molar-refractivity contribution >= 4 is 17.5 Å². The summed E-state index contributed by atoms with van der Waals surface area (Å²) in [6, 6.07) is 1.69. The van der Waals surface area contributed by atoms with E-state index in [0.717, 1.165) is 0 Å². The molecule has 1 aliphatic heterocycles. The summed E-state index contributed by atoms with van der Waals surface area (Å²) in [6.45, 7) is 5.51. The highest BCUT2D eigenvalue weighted by Gasteiger charge is 2.36. The Kier molecular flexibility index (Phi) is 4.42. The van der Waals surface area contributed by atoms with Crippen LogP contribution < -0.4 is 0 Å². The van der Waals surface area contributed by atoms with Crippen molar-refractivity contribution in [2.24, 2.45) is 7.05 Å². The predicted octanol–water partition coefficient (Wildman–Crippen LogP) is 1.94. The van der Waals surface area contributed by atoms with Gasteiger partial charge in [0.2, 0.25) is 0 Å². The fourth-order valence-corrected chi connectivity index (χ4v) is 2.87. The summed E-state index contributed by atoms with van der Waals surface area (Å²) in [5.41, 5.74) is 0.204. The second-order valence-corrected chi connectivity index (χ2v) is 6.23. The second-order valence-electron chi connectivity index (χ2n) is 5.80. The highest BCUT2D eigenvalue weighted by molar-refractivity contribution is 6.31. The Labute approximate surface area is 124 Å². The van der Waals surface area contributed by atoms with Gasteiger partial charge in [-0.25, -0.2) is 0 Å². The number of aryl methyl sites for hydroxylation is 1. The Morgan fingerprint density at radius 1 is 1.60 bits per heavy atom. The van der Waals surface area contributed by atoms with Gasteiger partial charge >= 0.3 is 0 Å². The quantitative estimate of drug-likeness (QED) is 0.857. The zero-order valence-corrected chi connectivity index (χ0v) is 13.1. The molecule has 112 valence electrons. The van der Waals surface area contributed by atoms with Gasteiger partial charge in [-0.15, -0.1) is 0 Å². The van der Waals surface area contributed by atoms with Crippen LogP contribution in [0, 0.1) is 0 Å². The molecule has 2 rings (SSSR count). The second kappa shape index (κ2) is 5.76. The topological polar surface area (TPSA) is 43.7 Å². The lowest BCUT2D eigenvalue weighted by molar-refractivity contribution is -0.143. The van der Waals surface area contributed by atoms with Crippen LogP contribution in [0.4, 0.5) is 0 Å². The molecule has 0 aromatic carbocycles. The molecular formula is C14H21ClN2O3. The zero-order chi connectivity index (χ0) is 14.9. The number of carbonyl (C=O) groups excluding carboxylic acids is 1. The number of morpholine rings is 1. The van der Waals surface area contributed by atoms with Crippen LogP contribution in [0.2, 0.25) is 5.02 Å². The number of nitrogens with zero attached hydrogens (tertiary/aromatic N) is 2. The van der Waals surface area contributed by atoms with Crippen molar-refractivity contribution in [1.29, 1.82) is 0 Å². The van der Waals surface area contributed by atoms with Gasteiger partial charge in [0.15, 0.2) is 0 Å². The maximum atomic E-state index is 12.6. The lowest BCUT2D eigenvalue weighted by Gasteiger charge is -2.42. The van der Waals surface area contributed by atoms with Gasteiger partial charge in [0.25, 0.3) is 5.91 Å². The maximum absolute atomic E-state index is 12.6. The van der Waals surface area contributed by atoms with Gasteiger partial charge in [-0.05, 0) is 19.9 Å². The van der Waals surface area contributed by atoms with Crippen molar-refractivity contribution in [3.05, 3.63) is 23.0 Å². The maximum Gasteiger partial charge on any atom is 0.270 e. The fourth-order valence-electron chi connectivity index (χ4n) is 2.62. The monoisotopic (exact) mass is 300 g/mol. The molecule has 6 heteroatoms. The number of hydrogen-bond acceptors (Lipinski definition) is 3. The number of ether oxygens (including phenoxy) is 2. The van der Waals surface area contributed by atoms with Gasteiger partial charge < -0.3 is 18.9 Å². The van der Waals surface area contributed by atoms with Crippen molar-refractivity contribution < 1.29 is 14.3 Å². The number of amides is 1. The van der Waals surface area contributed by atoms with Crippen molar-refractivity contribution in [1.82, 2.24) is 9.47 Å². The van der Waals surface area contributed by atoms with E-state index in [1.165, 1.54) is 0 Å². The summed E-state index contributed by atoms with van der Waals surface area (Å²) in [5, 5.41) is 0.566. The van der Waals surface area contributed by atoms with Gasteiger partial charge in [0, 0.05) is 33.4 Å². The van der Waals surface area contributed by atoms with Crippen LogP contribution >= 0.6 is 11.6 Å². The van der Waals surface area contributed by atoms with Gasteiger partial charge in [-0.2, -0.15) is 0 Å². The van der Waals surface area contributed by atoms with E-state index in [2.05, 4.69) is 0 Å². The van der Waals surface area contributed by atoms with Gasteiger partial charge in [0.05, 0.1) is 23.3 Å². The smallest absolute Gasteiger partial charge is 0.270 e. The van der Waals surface area contributed by atoms with Crippen LogP contribution in [-0.2, 0) is 16.5 Å². The van der Waals surface area contributed by atoms with Crippen molar-refractivity contribution in [2.45, 2.75) is 25.6 Å². The molecule has 1 aromatic rings. The highest BCUT2D eigenvalue weighted by atomic mass is 35.5. The lowest BCUT2D eigenvalue weighted by atomic mass is 10.0. The largest absolute Gasteiger partial charge is 0.382 e. The van der Waals surface area contributed by atoms with Crippen LogP contribution in [0.5, 0.6) is 0 Å². The lowest BCUT2D eigenvalue weighted by Crippen LogP contribution is -2.55. The third-order valence-electron chi connectivity index (χ3n) is 3.31. The van der Waals surface area contributed by atoms with Gasteiger partial charge in [0.1, 0.15) is 5.69 Å². The highest BCUT2D eigenvalue weighted by Crippen LogP contribution is 2.23. The van der Waals surface area contributed by atoms with E-state index in [9.17, 15) is 4.79 Å². The van der Waals surface area contributed by atoms with Crippen LogP contribution in [-0.4, -0.2) is 53.9 Å². The summed E-state index contributed by atoms with van der Waals surface area (Å²) in [5.74, 6) is -0.0307. The third-order valence-corrected chi connectivity index (χ3v) is 3.52. The van der Waals surface area contributed by atoms with Crippen molar-refractivity contribution in [3.8, 4) is 0 Å². The molecule has 1 aromatic heterocycles. The van der Waals surface area contributed by atoms with Crippen LogP contribution in [0.3, 0.4) is 0 Å². The fraction of sp³-hybridized carbons (Fsp3) is 0.643. The molecule has 1 fully saturated rings. The number of rotatable bonds is 3. The molecule has 0 N–H and O–H groups in total. The van der Waals surface area contributed by atoms with Crippen LogP contribution in [0.1, 0.15) is 24.3 Å². The summed E-state index contributed by atoms with van der Waals surface area (Å²) >= 11 is 5.95. The first-order valence-corrected chi connectivity index (χ1v) is 6.98. The van der Waals surface area contributed by atoms with E-state index in [4.69, 9.17) is 21.1 Å². The Balaban J connectivity index is 2.18. The Hall–Kier alpha value is -1.04. The van der Waals surface area contributed by atoms with Gasteiger partial charge in [-0.1, -0.05) is 11.6 Å². The number of carbonyl (C=O) groups is 1. The van der Waals surface area contributed by atoms with E-state index >= 15 is 0 Å². The standard InChI is InChI=1S/C14H21ClN2O3/c1-14(2)9-17(7-11(20-14)8-19-4)13(18)12-5-10(15)6-16(12)3/h5-6,11H,7-9H2,1-4H3. The molecule has 20 heavy (non-hydrogen) atoms. The minimum Gasteiger partial charge on any atom is -0.382 e. The van der Waals surface area contributed by atoms with Crippen LogP contribution in [0.15, 0.2) is 12.3 Å². The summed E-state index contributed by atoms with van der Waals surface area (Å²) < 4.78 is 12.8. The number of aromatic nitrogens is 1. The molecule has 0 radical (unpaired) electrons. The minimum atomic E-state index is -0.383.